The summed E-state index contributed by atoms with van der Waals surface area (Å²) >= 11 is 2.73. The molecule has 0 heterocycles. The molecule has 0 amide bonds. The Kier molecular flexibility index (Phi) is 22.0. The minimum atomic E-state index is 0. The Morgan fingerprint density at radius 2 is 0.827 bits per heavy atom. The Morgan fingerprint density at radius 3 is 1.13 bits per heavy atom. The summed E-state index contributed by atoms with van der Waals surface area (Å²) in [6.45, 7) is 0. The number of hydrogen-bond acceptors (Lipinski definition) is 0. The van der Waals surface area contributed by atoms with Crippen LogP contribution in [0.5, 0.6) is 0 Å². The molecule has 4 aromatic rings. The van der Waals surface area contributed by atoms with Crippen LogP contribution in [0.1, 0.15) is 99.3 Å². The zero-order valence-corrected chi connectivity index (χ0v) is 39.1. The Labute approximate surface area is 355 Å². The fraction of sp³-hybridized carbons (Fsp3) is 0.292. The van der Waals surface area contributed by atoms with Gasteiger partial charge in [0, 0.05) is 0 Å². The standard InChI is InChI=1S/2C13H9.2C6H10.2C5H5.2ClH.2Hf/c2*1-3-7-12-10(5-1)9-11-6-2-4-8-13(11)12;2*1-2-4-6-5-3-1;2*1-2-4-5-3-1;;;;/h2*1-5,7-8H,9H2;2*1-5H2;2*1-3H,4H2;2*1H;;/q2*-1;;;2*-1;;;2*+2. The van der Waals surface area contributed by atoms with Crippen molar-refractivity contribution in [2.75, 3.05) is 0 Å². The second kappa shape index (κ2) is 25.8. The Morgan fingerprint density at radius 1 is 0.442 bits per heavy atom. The van der Waals surface area contributed by atoms with E-state index in [1.807, 2.05) is 42.9 Å². The van der Waals surface area contributed by atoms with Gasteiger partial charge in [0.2, 0.25) is 0 Å². The molecule has 0 aromatic heterocycles. The first kappa shape index (κ1) is 44.3. The van der Waals surface area contributed by atoms with E-state index in [1.165, 1.54) is 157 Å². The summed E-state index contributed by atoms with van der Waals surface area (Å²) in [5.74, 6) is 0. The van der Waals surface area contributed by atoms with E-state index in [9.17, 15) is 0 Å². The minimum Gasteiger partial charge on any atom is -0.179 e. The van der Waals surface area contributed by atoms with Crippen LogP contribution in [0.4, 0.5) is 0 Å². The molecule has 0 aliphatic heterocycles. The molecular weight excluding hydrogens is 1000 g/mol. The second-order valence-corrected chi connectivity index (χ2v) is 18.2. The number of benzene rings is 4. The zero-order valence-electron chi connectivity index (χ0n) is 30.3. The van der Waals surface area contributed by atoms with Gasteiger partial charge in [-0.25, -0.2) is 24.3 Å². The van der Waals surface area contributed by atoms with Gasteiger partial charge in [0.05, 0.1) is 0 Å². The third-order valence-corrected chi connectivity index (χ3v) is 12.9. The van der Waals surface area contributed by atoms with Crippen LogP contribution in [0.15, 0.2) is 121 Å². The monoisotopic (exact) mass is 1060 g/mol. The zero-order chi connectivity index (χ0) is 34.6. The molecule has 0 atom stereocenters. The van der Waals surface area contributed by atoms with Gasteiger partial charge < -0.3 is 0 Å². The molecule has 264 valence electrons. The molecule has 4 heteroatoms. The Hall–Kier alpha value is -2.10. The van der Waals surface area contributed by atoms with E-state index < -0.39 is 0 Å². The van der Waals surface area contributed by atoms with Crippen LogP contribution in [0.2, 0.25) is 0 Å². The first-order chi connectivity index (χ1) is 24.7. The molecule has 0 unspecified atom stereocenters. The van der Waals surface area contributed by atoms with Crippen LogP contribution in [0.25, 0.3) is 22.3 Å². The summed E-state index contributed by atoms with van der Waals surface area (Å²) in [6.07, 6.45) is 36.9. The van der Waals surface area contributed by atoms with Crippen LogP contribution in [-0.2, 0) is 60.6 Å². The maximum Gasteiger partial charge on any atom is -0.0253 e. The van der Waals surface area contributed by atoms with Crippen molar-refractivity contribution in [3.8, 4) is 22.3 Å². The van der Waals surface area contributed by atoms with Crippen LogP contribution < -0.4 is 0 Å². The summed E-state index contributed by atoms with van der Waals surface area (Å²) in [4.78, 5) is 0. The molecular formula is C48H50Cl2Hf2. The normalized spacial score (nSPS) is 15.7. The van der Waals surface area contributed by atoms with Gasteiger partial charge in [-0.15, -0.1) is 48.8 Å². The van der Waals surface area contributed by atoms with Crippen LogP contribution in [0.3, 0.4) is 0 Å². The first-order valence-electron chi connectivity index (χ1n) is 18.4. The van der Waals surface area contributed by atoms with Gasteiger partial charge in [0.1, 0.15) is 0 Å². The fourth-order valence-corrected chi connectivity index (χ4v) is 9.17. The molecule has 6 aliphatic rings. The molecule has 0 N–H and O–H groups in total. The molecule has 0 saturated heterocycles. The average molecular weight is 1050 g/mol. The van der Waals surface area contributed by atoms with E-state index >= 15 is 0 Å². The predicted octanol–water partition coefficient (Wildman–Crippen LogP) is 12.9. The van der Waals surface area contributed by atoms with Crippen LogP contribution in [-0.4, -0.2) is 6.51 Å². The average Bonchev–Trinajstić information content (AvgIpc) is 4.02. The molecule has 4 aromatic carbocycles. The molecule has 52 heavy (non-hydrogen) atoms. The Balaban J connectivity index is 0.000000175. The third kappa shape index (κ3) is 15.0. The van der Waals surface area contributed by atoms with Crippen molar-refractivity contribution in [1.29, 1.82) is 0 Å². The molecule has 0 radical (unpaired) electrons. The maximum atomic E-state index is 3.30. The summed E-state index contributed by atoms with van der Waals surface area (Å²) in [5, 5.41) is 0. The molecule has 0 bridgehead atoms. The summed E-state index contributed by atoms with van der Waals surface area (Å²) in [5.41, 5.74) is 11.0. The van der Waals surface area contributed by atoms with Gasteiger partial charge in [-0.1, -0.05) is 70.8 Å². The molecule has 6 aliphatic carbocycles. The minimum absolute atomic E-state index is 0. The smallest absolute Gasteiger partial charge is 0.0253 e. The van der Waals surface area contributed by atoms with E-state index in [1.54, 1.807) is 0 Å². The summed E-state index contributed by atoms with van der Waals surface area (Å²) in [6, 6.07) is 36.2. The van der Waals surface area contributed by atoms with E-state index in [0.29, 0.717) is 0 Å². The van der Waals surface area contributed by atoms with Gasteiger partial charge in [-0.3, -0.25) is 12.2 Å². The molecule has 2 saturated carbocycles. The van der Waals surface area contributed by atoms with Gasteiger partial charge in [0.25, 0.3) is 0 Å². The van der Waals surface area contributed by atoms with E-state index in [4.69, 9.17) is 0 Å². The van der Waals surface area contributed by atoms with Crippen molar-refractivity contribution in [3.63, 3.8) is 0 Å². The number of halogens is 2. The predicted molar refractivity (Wildman–Crippen MR) is 221 cm³/mol. The van der Waals surface area contributed by atoms with E-state index in [0.717, 1.165) is 25.7 Å². The van der Waals surface area contributed by atoms with Gasteiger partial charge >= 0.3 is 119 Å². The second-order valence-electron chi connectivity index (χ2n) is 13.1. The largest absolute Gasteiger partial charge is 0.179 e. The number of hydrogen-bond donors (Lipinski definition) is 0. The first-order valence-corrected chi connectivity index (χ1v) is 22.0. The van der Waals surface area contributed by atoms with Crippen molar-refractivity contribution in [3.05, 3.63) is 168 Å². The Bertz CT molecular complexity index is 1560. The third-order valence-electron chi connectivity index (χ3n) is 9.32. The van der Waals surface area contributed by atoms with E-state index in [2.05, 4.69) is 109 Å². The van der Waals surface area contributed by atoms with Gasteiger partial charge in [-0.05, 0) is 12.8 Å². The summed E-state index contributed by atoms with van der Waals surface area (Å²) in [7, 11) is 0. The quantitative estimate of drug-likeness (QED) is 0.105. The van der Waals surface area contributed by atoms with Crippen molar-refractivity contribution < 1.29 is 47.8 Å². The summed E-state index contributed by atoms with van der Waals surface area (Å²) < 4.78 is 3.71. The molecule has 2 fully saturated rings. The fourth-order valence-electron chi connectivity index (χ4n) is 6.63. The van der Waals surface area contributed by atoms with E-state index in [-0.39, 0.29) is 24.8 Å². The van der Waals surface area contributed by atoms with Crippen molar-refractivity contribution in [2.24, 2.45) is 0 Å². The number of allylic oxidation sites excluding steroid dienone is 8. The van der Waals surface area contributed by atoms with Crippen LogP contribution in [0, 0.1) is 24.3 Å². The SMILES string of the molecule is Cl.Cl.[C-]1=CC=CC1.[C-]1=CC=CC1.[Hf+2]=[C]1CCCCC1.[Hf+2]=[C]1CCCCC1.[c-]1cccc2c1Cc1ccccc1-2.[c-]1cccc2c1Cc1ccccc1-2. The number of fused-ring (bicyclic) bond motifs is 6. The van der Waals surface area contributed by atoms with Crippen molar-refractivity contribution >= 4 is 31.3 Å². The topological polar surface area (TPSA) is 0 Å². The maximum absolute atomic E-state index is 3.30. The van der Waals surface area contributed by atoms with Gasteiger partial charge in [0.15, 0.2) is 0 Å². The van der Waals surface area contributed by atoms with Crippen molar-refractivity contribution in [1.82, 2.24) is 0 Å². The molecule has 10 rings (SSSR count). The number of rotatable bonds is 0. The van der Waals surface area contributed by atoms with Crippen molar-refractivity contribution in [2.45, 2.75) is 89.9 Å². The molecule has 0 spiro atoms. The molecule has 0 nitrogen and oxygen atoms in total. The van der Waals surface area contributed by atoms with Crippen LogP contribution >= 0.6 is 24.8 Å². The van der Waals surface area contributed by atoms with Gasteiger partial charge in [-0.2, -0.15) is 71.8 Å².